The molecule has 0 saturated carbocycles. The Balaban J connectivity index is 1.42. The quantitative estimate of drug-likeness (QED) is 0.736. The first-order valence-corrected chi connectivity index (χ1v) is 10.0. The number of aliphatic hydroxyl groups is 1. The van der Waals surface area contributed by atoms with Crippen molar-refractivity contribution in [3.8, 4) is 10.6 Å². The van der Waals surface area contributed by atoms with Crippen molar-refractivity contribution >= 4 is 17.2 Å². The Morgan fingerprint density at radius 1 is 1.30 bits per heavy atom. The summed E-state index contributed by atoms with van der Waals surface area (Å²) >= 11 is 1.57. The number of rotatable bonds is 5. The highest BCUT2D eigenvalue weighted by Crippen LogP contribution is 2.24. The van der Waals surface area contributed by atoms with Gasteiger partial charge < -0.3 is 10.0 Å². The second kappa shape index (κ2) is 7.62. The monoisotopic (exact) mass is 382 g/mol. The highest BCUT2D eigenvalue weighted by Gasteiger charge is 2.24. The van der Waals surface area contributed by atoms with E-state index in [1.54, 1.807) is 11.3 Å². The minimum Gasteiger partial charge on any atom is -0.387 e. The molecule has 7 heteroatoms. The van der Waals surface area contributed by atoms with Gasteiger partial charge in [-0.3, -0.25) is 9.48 Å². The average molecular weight is 382 g/mol. The van der Waals surface area contributed by atoms with Gasteiger partial charge in [-0.2, -0.15) is 5.10 Å². The topological polar surface area (TPSA) is 71.2 Å². The van der Waals surface area contributed by atoms with Gasteiger partial charge in [0.05, 0.1) is 42.7 Å². The second-order valence-electron chi connectivity index (χ2n) is 6.71. The van der Waals surface area contributed by atoms with Crippen LogP contribution in [0.4, 0.5) is 0 Å². The maximum absolute atomic E-state index is 12.7. The molecule has 27 heavy (non-hydrogen) atoms. The molecular formula is C20H22N4O2S. The Kier molecular flexibility index (Phi) is 5.05. The van der Waals surface area contributed by atoms with Crippen LogP contribution < -0.4 is 0 Å². The van der Waals surface area contributed by atoms with Crippen molar-refractivity contribution in [3.05, 3.63) is 58.9 Å². The van der Waals surface area contributed by atoms with Gasteiger partial charge >= 0.3 is 0 Å². The Hall–Kier alpha value is -2.51. The third-order valence-electron chi connectivity index (χ3n) is 4.80. The van der Waals surface area contributed by atoms with Gasteiger partial charge in [-0.05, 0) is 12.5 Å². The Bertz CT molecular complexity index is 935. The molecule has 1 atom stereocenters. The van der Waals surface area contributed by atoms with Crippen LogP contribution in [0.25, 0.3) is 10.6 Å². The summed E-state index contributed by atoms with van der Waals surface area (Å²) in [4.78, 5) is 19.2. The average Bonchev–Trinajstić information content (AvgIpc) is 3.34. The fourth-order valence-electron chi connectivity index (χ4n) is 3.24. The molecule has 2 aromatic heterocycles. The molecule has 1 amide bonds. The molecule has 0 fully saturated rings. The number of carbonyl (C=O) groups excluding carboxylic acids is 1. The molecular weight excluding hydrogens is 360 g/mol. The molecule has 140 valence electrons. The van der Waals surface area contributed by atoms with E-state index in [1.807, 2.05) is 58.3 Å². The number of fused-ring (bicyclic) bond motifs is 1. The van der Waals surface area contributed by atoms with Crippen molar-refractivity contribution in [1.82, 2.24) is 19.7 Å². The highest BCUT2D eigenvalue weighted by molar-refractivity contribution is 7.13. The zero-order valence-corrected chi connectivity index (χ0v) is 16.0. The molecule has 0 radical (unpaired) electrons. The van der Waals surface area contributed by atoms with E-state index in [4.69, 9.17) is 0 Å². The molecule has 0 spiro atoms. The van der Waals surface area contributed by atoms with E-state index in [2.05, 4.69) is 10.1 Å². The summed E-state index contributed by atoms with van der Waals surface area (Å²) in [5.74, 6) is 0.0740. The van der Waals surface area contributed by atoms with E-state index in [-0.39, 0.29) is 5.91 Å². The van der Waals surface area contributed by atoms with Crippen LogP contribution in [-0.4, -0.2) is 37.2 Å². The van der Waals surface area contributed by atoms with E-state index in [1.165, 1.54) is 0 Å². The lowest BCUT2D eigenvalue weighted by Gasteiger charge is -2.27. The molecule has 1 aliphatic heterocycles. The summed E-state index contributed by atoms with van der Waals surface area (Å²) in [7, 11) is 0. The van der Waals surface area contributed by atoms with Gasteiger partial charge in [-0.1, -0.05) is 37.3 Å². The lowest BCUT2D eigenvalue weighted by molar-refractivity contribution is -0.132. The van der Waals surface area contributed by atoms with E-state index in [0.29, 0.717) is 38.2 Å². The smallest absolute Gasteiger partial charge is 0.229 e. The maximum Gasteiger partial charge on any atom is 0.229 e. The van der Waals surface area contributed by atoms with Gasteiger partial charge in [0.15, 0.2) is 0 Å². The fraction of sp³-hybridized carbons (Fsp3) is 0.350. The van der Waals surface area contributed by atoms with E-state index >= 15 is 0 Å². The Morgan fingerprint density at radius 3 is 2.89 bits per heavy atom. The number of aromatic nitrogens is 3. The summed E-state index contributed by atoms with van der Waals surface area (Å²) in [5.41, 5.74) is 3.55. The van der Waals surface area contributed by atoms with Gasteiger partial charge in [-0.25, -0.2) is 4.98 Å². The predicted molar refractivity (Wildman–Crippen MR) is 104 cm³/mol. The molecule has 1 aromatic carbocycles. The van der Waals surface area contributed by atoms with Gasteiger partial charge in [0.25, 0.3) is 0 Å². The van der Waals surface area contributed by atoms with Crippen molar-refractivity contribution in [2.24, 2.45) is 0 Å². The van der Waals surface area contributed by atoms with Crippen LogP contribution in [0.3, 0.4) is 0 Å². The van der Waals surface area contributed by atoms with E-state index in [0.717, 1.165) is 22.0 Å². The van der Waals surface area contributed by atoms with Gasteiger partial charge in [-0.15, -0.1) is 11.3 Å². The number of hydrogen-bond donors (Lipinski definition) is 1. The van der Waals surface area contributed by atoms with Crippen molar-refractivity contribution < 1.29 is 9.90 Å². The van der Waals surface area contributed by atoms with E-state index < -0.39 is 6.10 Å². The van der Waals surface area contributed by atoms with Crippen molar-refractivity contribution in [1.29, 1.82) is 0 Å². The normalized spacial score (nSPS) is 14.8. The van der Waals surface area contributed by atoms with Crippen LogP contribution in [0.2, 0.25) is 0 Å². The van der Waals surface area contributed by atoms with E-state index in [9.17, 15) is 9.90 Å². The zero-order valence-electron chi connectivity index (χ0n) is 15.2. The molecule has 0 saturated heterocycles. The second-order valence-corrected chi connectivity index (χ2v) is 7.57. The van der Waals surface area contributed by atoms with Crippen LogP contribution in [0.15, 0.2) is 41.8 Å². The minimum absolute atomic E-state index is 0.0740. The molecule has 1 aliphatic rings. The minimum atomic E-state index is -0.543. The molecule has 6 nitrogen and oxygen atoms in total. The maximum atomic E-state index is 12.7. The van der Waals surface area contributed by atoms with Crippen molar-refractivity contribution in [3.63, 3.8) is 0 Å². The molecule has 0 aliphatic carbocycles. The molecule has 1 N–H and O–H groups in total. The molecule has 3 heterocycles. The van der Waals surface area contributed by atoms with Crippen LogP contribution in [0.5, 0.6) is 0 Å². The lowest BCUT2D eigenvalue weighted by Crippen LogP contribution is -2.39. The Labute approximate surface area is 162 Å². The third-order valence-corrected chi connectivity index (χ3v) is 5.74. The fourth-order valence-corrected chi connectivity index (χ4v) is 4.07. The number of amides is 1. The third kappa shape index (κ3) is 3.79. The summed E-state index contributed by atoms with van der Waals surface area (Å²) in [5, 5.41) is 17.3. The summed E-state index contributed by atoms with van der Waals surface area (Å²) in [6.45, 7) is 3.74. The van der Waals surface area contributed by atoms with Crippen LogP contribution in [0, 0.1) is 0 Å². The summed E-state index contributed by atoms with van der Waals surface area (Å²) in [6.07, 6.45) is 0.396. The Morgan fingerprint density at radius 2 is 2.11 bits per heavy atom. The lowest BCUT2D eigenvalue weighted by atomic mass is 10.2. The molecule has 1 unspecified atom stereocenters. The largest absolute Gasteiger partial charge is 0.387 e. The molecule has 3 aromatic rings. The van der Waals surface area contributed by atoms with Gasteiger partial charge in [0, 0.05) is 17.5 Å². The number of thiazole rings is 1. The zero-order chi connectivity index (χ0) is 18.8. The number of hydrogen-bond acceptors (Lipinski definition) is 5. The van der Waals surface area contributed by atoms with Crippen LogP contribution in [-0.2, 0) is 24.3 Å². The number of nitrogens with zero attached hydrogens (tertiary/aromatic N) is 4. The highest BCUT2D eigenvalue weighted by atomic mass is 32.1. The number of aliphatic hydroxyl groups excluding tert-OH is 1. The summed E-state index contributed by atoms with van der Waals surface area (Å²) in [6, 6.07) is 11.9. The van der Waals surface area contributed by atoms with Crippen LogP contribution >= 0.6 is 11.3 Å². The van der Waals surface area contributed by atoms with Crippen molar-refractivity contribution in [2.75, 3.05) is 6.54 Å². The first-order valence-electron chi connectivity index (χ1n) is 9.16. The molecule has 4 rings (SSSR count). The van der Waals surface area contributed by atoms with Crippen LogP contribution in [0.1, 0.15) is 36.5 Å². The van der Waals surface area contributed by atoms with Gasteiger partial charge in [0.1, 0.15) is 5.01 Å². The first kappa shape index (κ1) is 17.9. The molecule has 0 bridgehead atoms. The van der Waals surface area contributed by atoms with Crippen molar-refractivity contribution in [2.45, 2.75) is 39.0 Å². The standard InChI is InChI=1S/C20H22N4O2S/c1-2-18(25)17-11-16-12-23(8-9-24(16)22-17)19(26)10-15-13-27-20(21-15)14-6-4-3-5-7-14/h3-7,11,13,18,25H,2,8-10,12H2,1H3. The first-order chi connectivity index (χ1) is 13.1. The number of carbonyl (C=O) groups is 1. The summed E-state index contributed by atoms with van der Waals surface area (Å²) < 4.78 is 1.90. The number of benzene rings is 1. The SMILES string of the molecule is CCC(O)c1cc2n(n1)CCN(C(=O)Cc1csc(-c3ccccc3)n1)C2. The predicted octanol–water partition coefficient (Wildman–Crippen LogP) is 3.03. The van der Waals surface area contributed by atoms with Gasteiger partial charge in [0.2, 0.25) is 5.91 Å².